The number of imidazole rings is 1. The number of benzene rings is 1. The van der Waals surface area contributed by atoms with Crippen molar-refractivity contribution < 1.29 is 14.1 Å². The quantitative estimate of drug-likeness (QED) is 0.540. The van der Waals surface area contributed by atoms with E-state index in [-0.39, 0.29) is 11.6 Å². The van der Waals surface area contributed by atoms with Crippen LogP contribution in [-0.4, -0.2) is 27.7 Å². The summed E-state index contributed by atoms with van der Waals surface area (Å²) in [6, 6.07) is 12.5. The Morgan fingerprint density at radius 2 is 2.14 bits per heavy atom. The van der Waals surface area contributed by atoms with Gasteiger partial charge in [0.25, 0.3) is 5.91 Å². The third-order valence-corrected chi connectivity index (χ3v) is 5.23. The zero-order valence-electron chi connectivity index (χ0n) is 15.3. The monoisotopic (exact) mass is 394 g/mol. The van der Waals surface area contributed by atoms with Gasteiger partial charge in [0.15, 0.2) is 11.5 Å². The molecule has 0 aliphatic rings. The molecule has 8 heteroatoms. The number of ether oxygens (including phenoxy) is 1. The molecule has 0 saturated heterocycles. The maximum absolute atomic E-state index is 12.9. The molecule has 0 radical (unpaired) electrons. The van der Waals surface area contributed by atoms with Gasteiger partial charge in [0, 0.05) is 31.1 Å². The number of thiophene rings is 1. The molecule has 0 spiro atoms. The van der Waals surface area contributed by atoms with Gasteiger partial charge in [0.2, 0.25) is 0 Å². The van der Waals surface area contributed by atoms with E-state index in [1.165, 1.54) is 11.3 Å². The summed E-state index contributed by atoms with van der Waals surface area (Å²) < 4.78 is 12.7. The molecule has 0 saturated carbocycles. The number of rotatable bonds is 6. The molecular weight excluding hydrogens is 376 g/mol. The Morgan fingerprint density at radius 1 is 1.29 bits per heavy atom. The van der Waals surface area contributed by atoms with Crippen LogP contribution in [0.1, 0.15) is 27.9 Å². The molecule has 3 aromatic heterocycles. The Labute approximate surface area is 165 Å². The Kier molecular flexibility index (Phi) is 4.94. The number of hydrogen-bond donors (Lipinski definition) is 1. The van der Waals surface area contributed by atoms with E-state index in [0.29, 0.717) is 17.3 Å². The van der Waals surface area contributed by atoms with Gasteiger partial charge in [-0.05, 0) is 17.5 Å². The van der Waals surface area contributed by atoms with E-state index in [0.717, 1.165) is 10.4 Å². The summed E-state index contributed by atoms with van der Waals surface area (Å²) in [5, 5.41) is 8.87. The highest BCUT2D eigenvalue weighted by Crippen LogP contribution is 2.30. The molecule has 7 nitrogen and oxygen atoms in total. The minimum Gasteiger partial charge on any atom is -0.496 e. The first-order valence-corrected chi connectivity index (χ1v) is 9.47. The zero-order chi connectivity index (χ0) is 19.5. The number of hydrogen-bond acceptors (Lipinski definition) is 6. The van der Waals surface area contributed by atoms with Crippen molar-refractivity contribution in [2.45, 2.75) is 6.04 Å². The van der Waals surface area contributed by atoms with E-state index in [2.05, 4.69) is 15.5 Å². The van der Waals surface area contributed by atoms with Crippen molar-refractivity contribution in [3.63, 3.8) is 0 Å². The van der Waals surface area contributed by atoms with Crippen LogP contribution < -0.4 is 10.1 Å². The molecule has 4 rings (SSSR count). The van der Waals surface area contributed by atoms with E-state index in [1.807, 2.05) is 59.6 Å². The van der Waals surface area contributed by atoms with E-state index in [4.69, 9.17) is 9.26 Å². The molecule has 1 N–H and O–H groups in total. The zero-order valence-corrected chi connectivity index (χ0v) is 16.1. The van der Waals surface area contributed by atoms with Gasteiger partial charge in [-0.15, -0.1) is 11.3 Å². The smallest absolute Gasteiger partial charge is 0.274 e. The van der Waals surface area contributed by atoms with Gasteiger partial charge >= 0.3 is 0 Å². The van der Waals surface area contributed by atoms with E-state index in [9.17, 15) is 4.79 Å². The summed E-state index contributed by atoms with van der Waals surface area (Å²) in [7, 11) is 3.48. The Morgan fingerprint density at radius 3 is 2.86 bits per heavy atom. The Bertz CT molecular complexity index is 1080. The first-order valence-electron chi connectivity index (χ1n) is 8.59. The molecule has 28 heavy (non-hydrogen) atoms. The van der Waals surface area contributed by atoms with Gasteiger partial charge < -0.3 is 19.1 Å². The number of amides is 1. The largest absolute Gasteiger partial charge is 0.496 e. The fraction of sp³-hybridized carbons (Fsp3) is 0.150. The van der Waals surface area contributed by atoms with Gasteiger partial charge in [-0.1, -0.05) is 29.4 Å². The van der Waals surface area contributed by atoms with Crippen molar-refractivity contribution in [3.05, 3.63) is 77.3 Å². The number of aryl methyl sites for hydroxylation is 1. The second kappa shape index (κ2) is 7.69. The highest BCUT2D eigenvalue weighted by Gasteiger charge is 2.25. The van der Waals surface area contributed by atoms with Gasteiger partial charge in [-0.25, -0.2) is 4.98 Å². The second-order valence-electron chi connectivity index (χ2n) is 6.10. The van der Waals surface area contributed by atoms with Gasteiger partial charge in [0.05, 0.1) is 12.0 Å². The van der Waals surface area contributed by atoms with Crippen LogP contribution in [0.3, 0.4) is 0 Å². The van der Waals surface area contributed by atoms with Gasteiger partial charge in [0.1, 0.15) is 17.6 Å². The number of methoxy groups -OCH3 is 1. The second-order valence-corrected chi connectivity index (χ2v) is 7.05. The minimum atomic E-state index is -0.509. The number of nitrogens with one attached hydrogen (secondary N) is 1. The number of aromatic nitrogens is 3. The maximum Gasteiger partial charge on any atom is 0.274 e. The third kappa shape index (κ3) is 3.41. The number of carbonyl (C=O) groups is 1. The topological polar surface area (TPSA) is 82.2 Å². The third-order valence-electron chi connectivity index (χ3n) is 4.35. The van der Waals surface area contributed by atoms with Crippen molar-refractivity contribution in [2.24, 2.45) is 7.05 Å². The van der Waals surface area contributed by atoms with Crippen molar-refractivity contribution >= 4 is 17.2 Å². The van der Waals surface area contributed by atoms with Crippen LogP contribution in [0.2, 0.25) is 0 Å². The van der Waals surface area contributed by atoms with Crippen molar-refractivity contribution in [1.82, 2.24) is 20.0 Å². The number of nitrogens with zero attached hydrogens (tertiary/aromatic N) is 3. The lowest BCUT2D eigenvalue weighted by molar-refractivity contribution is 0.0931. The van der Waals surface area contributed by atoms with Crippen LogP contribution >= 0.6 is 11.3 Å². The summed E-state index contributed by atoms with van der Waals surface area (Å²) in [6.45, 7) is 0. The highest BCUT2D eigenvalue weighted by atomic mass is 32.1. The summed E-state index contributed by atoms with van der Waals surface area (Å²) in [5.41, 5.74) is 1.01. The molecular formula is C20H18N4O3S. The number of para-hydroxylation sites is 1. The molecule has 0 bridgehead atoms. The fourth-order valence-corrected chi connectivity index (χ4v) is 3.64. The molecule has 1 atom stereocenters. The summed E-state index contributed by atoms with van der Waals surface area (Å²) in [5.74, 6) is 1.55. The van der Waals surface area contributed by atoms with Crippen LogP contribution in [-0.2, 0) is 7.05 Å². The maximum atomic E-state index is 12.9. The normalized spacial score (nSPS) is 11.9. The summed E-state index contributed by atoms with van der Waals surface area (Å²) in [6.07, 6.45) is 3.52. The molecule has 0 fully saturated rings. The van der Waals surface area contributed by atoms with Gasteiger partial charge in [-0.2, -0.15) is 0 Å². The fourth-order valence-electron chi connectivity index (χ4n) is 2.96. The van der Waals surface area contributed by atoms with E-state index in [1.54, 1.807) is 19.4 Å². The SMILES string of the molecule is COc1ccccc1C(NC(=O)c1cc(-c2cccs2)on1)c1nccn1C. The highest BCUT2D eigenvalue weighted by molar-refractivity contribution is 7.13. The van der Waals surface area contributed by atoms with Crippen LogP contribution in [0.4, 0.5) is 0 Å². The van der Waals surface area contributed by atoms with Crippen molar-refractivity contribution in [2.75, 3.05) is 7.11 Å². The molecule has 1 aromatic carbocycles. The van der Waals surface area contributed by atoms with Crippen LogP contribution in [0.25, 0.3) is 10.6 Å². The van der Waals surface area contributed by atoms with Crippen molar-refractivity contribution in [1.29, 1.82) is 0 Å². The molecule has 4 aromatic rings. The molecule has 142 valence electrons. The van der Waals surface area contributed by atoms with Crippen LogP contribution in [0.5, 0.6) is 5.75 Å². The molecule has 0 aliphatic heterocycles. The number of carbonyl (C=O) groups excluding carboxylic acids is 1. The Balaban J connectivity index is 1.66. The molecule has 0 aliphatic carbocycles. The van der Waals surface area contributed by atoms with Gasteiger partial charge in [-0.3, -0.25) is 4.79 Å². The minimum absolute atomic E-state index is 0.206. The van der Waals surface area contributed by atoms with E-state index < -0.39 is 6.04 Å². The average molecular weight is 394 g/mol. The standard InChI is InChI=1S/C20H18N4O3S/c1-24-10-9-21-19(24)18(13-6-3-4-7-15(13)26-2)22-20(25)14-12-16(27-23-14)17-8-5-11-28-17/h3-12,18H,1-2H3,(H,22,25). The molecule has 3 heterocycles. The summed E-state index contributed by atoms with van der Waals surface area (Å²) in [4.78, 5) is 18.2. The predicted octanol–water partition coefficient (Wildman–Crippen LogP) is 3.66. The first-order chi connectivity index (χ1) is 13.7. The van der Waals surface area contributed by atoms with Crippen LogP contribution in [0.15, 0.2) is 64.8 Å². The molecule has 1 amide bonds. The molecule has 1 unspecified atom stereocenters. The van der Waals surface area contributed by atoms with E-state index >= 15 is 0 Å². The summed E-state index contributed by atoms with van der Waals surface area (Å²) >= 11 is 1.52. The van der Waals surface area contributed by atoms with Crippen molar-refractivity contribution in [3.8, 4) is 16.4 Å². The lowest BCUT2D eigenvalue weighted by atomic mass is 10.0. The Hall–Kier alpha value is -3.39. The lowest BCUT2D eigenvalue weighted by Gasteiger charge is -2.20. The first kappa shape index (κ1) is 18.0. The lowest BCUT2D eigenvalue weighted by Crippen LogP contribution is -2.31. The predicted molar refractivity (Wildman–Crippen MR) is 105 cm³/mol. The van der Waals surface area contributed by atoms with Crippen LogP contribution in [0, 0.1) is 0 Å². The average Bonchev–Trinajstić information content (AvgIpc) is 3.47.